The molecular formula is C22H31N5O4. The predicted molar refractivity (Wildman–Crippen MR) is 118 cm³/mol. The normalized spacial score (nSPS) is 17.0. The van der Waals surface area contributed by atoms with E-state index in [4.69, 9.17) is 0 Å². The van der Waals surface area contributed by atoms with Crippen LogP contribution in [0.15, 0.2) is 24.3 Å². The van der Waals surface area contributed by atoms with E-state index in [1.165, 1.54) is 4.90 Å². The number of nitrogens with one attached hydrogen (secondary N) is 2. The minimum Gasteiger partial charge on any atom is -0.480 e. The summed E-state index contributed by atoms with van der Waals surface area (Å²) in [5, 5.41) is 15.0. The third-order valence-electron chi connectivity index (χ3n) is 6.22. The molecule has 3 amide bonds. The number of aromatic nitrogens is 2. The maximum atomic E-state index is 13.1. The molecule has 0 saturated heterocycles. The first-order chi connectivity index (χ1) is 14.8. The maximum Gasteiger partial charge on any atom is 0.326 e. The third-order valence-corrected chi connectivity index (χ3v) is 6.22. The number of imidazole rings is 1. The van der Waals surface area contributed by atoms with E-state index in [1.54, 1.807) is 6.92 Å². The zero-order valence-corrected chi connectivity index (χ0v) is 18.5. The third kappa shape index (κ3) is 4.50. The Morgan fingerprint density at radius 1 is 1.03 bits per heavy atom. The first-order valence-electron chi connectivity index (χ1n) is 10.8. The van der Waals surface area contributed by atoms with Crippen molar-refractivity contribution >= 4 is 34.9 Å². The van der Waals surface area contributed by atoms with Gasteiger partial charge in [0, 0.05) is 13.1 Å². The van der Waals surface area contributed by atoms with E-state index in [0.29, 0.717) is 31.9 Å². The molecule has 0 unspecified atom stereocenters. The Morgan fingerprint density at radius 2 is 1.68 bits per heavy atom. The van der Waals surface area contributed by atoms with E-state index in [0.717, 1.165) is 11.0 Å². The van der Waals surface area contributed by atoms with E-state index in [1.807, 2.05) is 49.6 Å². The Labute approximate surface area is 181 Å². The van der Waals surface area contributed by atoms with Gasteiger partial charge in [0.25, 0.3) is 0 Å². The van der Waals surface area contributed by atoms with Crippen LogP contribution in [0.3, 0.4) is 0 Å². The SMILES string of the molecule is CC[C@H](C)[C@H](NC(=O)[C@@H](NC(=O)N1CCn2c1nc1ccccc12)[C@@H](C)CC)C(=O)O. The number of anilines is 1. The number of carbonyl (C=O) groups excluding carboxylic acids is 2. The smallest absolute Gasteiger partial charge is 0.326 e. The molecule has 9 nitrogen and oxygen atoms in total. The number of carboxylic acid groups (broad SMARTS) is 1. The standard InChI is InChI=1S/C22H31N5O4/c1-5-13(3)17(19(28)24-18(20(29)30)14(4)6-2)25-22(31)27-12-11-26-16-10-8-7-9-15(16)23-21(26)27/h7-10,13-14,17-18H,5-6,11-12H2,1-4H3,(H,24,28)(H,25,31)(H,29,30)/t13-,14-,17-,18-/m0/s1. The lowest BCUT2D eigenvalue weighted by molar-refractivity contribution is -0.143. The van der Waals surface area contributed by atoms with Crippen molar-refractivity contribution in [3.8, 4) is 0 Å². The second-order valence-electron chi connectivity index (χ2n) is 8.23. The Kier molecular flexibility index (Phi) is 6.82. The maximum absolute atomic E-state index is 13.1. The molecule has 0 bridgehead atoms. The second kappa shape index (κ2) is 9.36. The monoisotopic (exact) mass is 429 g/mol. The number of amides is 3. The second-order valence-corrected chi connectivity index (χ2v) is 8.23. The van der Waals surface area contributed by atoms with Crippen molar-refractivity contribution in [2.45, 2.75) is 59.2 Å². The number of urea groups is 1. The highest BCUT2D eigenvalue weighted by Gasteiger charge is 2.35. The molecule has 1 aliphatic heterocycles. The average molecular weight is 430 g/mol. The molecule has 2 aromatic rings. The highest BCUT2D eigenvalue weighted by Crippen LogP contribution is 2.27. The number of rotatable bonds is 8. The Balaban J connectivity index is 1.78. The Bertz CT molecular complexity index is 972. The van der Waals surface area contributed by atoms with E-state index >= 15 is 0 Å². The lowest BCUT2D eigenvalue weighted by Crippen LogP contribution is -2.57. The van der Waals surface area contributed by atoms with Crippen LogP contribution in [0.25, 0.3) is 11.0 Å². The fraction of sp³-hybridized carbons (Fsp3) is 0.545. The summed E-state index contributed by atoms with van der Waals surface area (Å²) in [6.07, 6.45) is 1.26. The van der Waals surface area contributed by atoms with Crippen molar-refractivity contribution in [2.75, 3.05) is 11.4 Å². The lowest BCUT2D eigenvalue weighted by atomic mass is 9.95. The number of aliphatic carboxylic acids is 1. The van der Waals surface area contributed by atoms with E-state index in [-0.39, 0.29) is 11.8 Å². The highest BCUT2D eigenvalue weighted by atomic mass is 16.4. The quantitative estimate of drug-likeness (QED) is 0.596. The van der Waals surface area contributed by atoms with E-state index < -0.39 is 30.0 Å². The molecule has 0 spiro atoms. The molecule has 1 aromatic carbocycles. The summed E-state index contributed by atoms with van der Waals surface area (Å²) in [7, 11) is 0. The topological polar surface area (TPSA) is 117 Å². The van der Waals surface area contributed by atoms with Crippen molar-refractivity contribution in [3.05, 3.63) is 24.3 Å². The number of carbonyl (C=O) groups is 3. The molecule has 9 heteroatoms. The Hall–Kier alpha value is -3.10. The van der Waals surface area contributed by atoms with Crippen LogP contribution in [0.2, 0.25) is 0 Å². The molecule has 3 N–H and O–H groups in total. The summed E-state index contributed by atoms with van der Waals surface area (Å²) in [6, 6.07) is 5.43. The average Bonchev–Trinajstić information content (AvgIpc) is 3.33. The summed E-state index contributed by atoms with van der Waals surface area (Å²) >= 11 is 0. The molecule has 0 fully saturated rings. The highest BCUT2D eigenvalue weighted by molar-refractivity contribution is 5.97. The molecule has 0 saturated carbocycles. The molecule has 0 aliphatic carbocycles. The molecular weight excluding hydrogens is 398 g/mol. The van der Waals surface area contributed by atoms with Gasteiger partial charge in [0.2, 0.25) is 11.9 Å². The lowest BCUT2D eigenvalue weighted by Gasteiger charge is -2.28. The summed E-state index contributed by atoms with van der Waals surface area (Å²) in [6.45, 7) is 8.53. The van der Waals surface area contributed by atoms with Gasteiger partial charge < -0.3 is 20.3 Å². The van der Waals surface area contributed by atoms with Gasteiger partial charge >= 0.3 is 12.0 Å². The number of carboxylic acids is 1. The van der Waals surface area contributed by atoms with Gasteiger partial charge in [-0.3, -0.25) is 9.69 Å². The van der Waals surface area contributed by atoms with Crippen LogP contribution in [0.5, 0.6) is 0 Å². The first kappa shape index (κ1) is 22.6. The Morgan fingerprint density at radius 3 is 2.32 bits per heavy atom. The number of hydrogen-bond donors (Lipinski definition) is 3. The van der Waals surface area contributed by atoms with Crippen LogP contribution < -0.4 is 15.5 Å². The van der Waals surface area contributed by atoms with Crippen molar-refractivity contribution in [2.24, 2.45) is 11.8 Å². The van der Waals surface area contributed by atoms with Crippen LogP contribution in [0.1, 0.15) is 40.5 Å². The van der Waals surface area contributed by atoms with E-state index in [2.05, 4.69) is 15.6 Å². The number of hydrogen-bond acceptors (Lipinski definition) is 4. The fourth-order valence-corrected chi connectivity index (χ4v) is 3.82. The fourth-order valence-electron chi connectivity index (χ4n) is 3.82. The molecule has 168 valence electrons. The molecule has 1 aliphatic rings. The largest absolute Gasteiger partial charge is 0.480 e. The number of fused-ring (bicyclic) bond motifs is 3. The molecule has 4 atom stereocenters. The van der Waals surface area contributed by atoms with Crippen LogP contribution >= 0.6 is 0 Å². The van der Waals surface area contributed by atoms with Gasteiger partial charge in [-0.15, -0.1) is 0 Å². The number of para-hydroxylation sites is 2. The minimum absolute atomic E-state index is 0.170. The van der Waals surface area contributed by atoms with Crippen molar-refractivity contribution in [1.82, 2.24) is 20.2 Å². The summed E-state index contributed by atoms with van der Waals surface area (Å²) in [4.78, 5) is 43.8. The van der Waals surface area contributed by atoms with Crippen LogP contribution in [-0.4, -0.2) is 51.2 Å². The van der Waals surface area contributed by atoms with Crippen molar-refractivity contribution in [3.63, 3.8) is 0 Å². The van der Waals surface area contributed by atoms with Gasteiger partial charge in [-0.1, -0.05) is 52.7 Å². The summed E-state index contributed by atoms with van der Waals surface area (Å²) < 4.78 is 1.98. The molecule has 2 heterocycles. The molecule has 0 radical (unpaired) electrons. The molecule has 3 rings (SSSR count). The summed E-state index contributed by atoms with van der Waals surface area (Å²) in [5.41, 5.74) is 1.77. The first-order valence-corrected chi connectivity index (χ1v) is 10.8. The van der Waals surface area contributed by atoms with Crippen molar-refractivity contribution < 1.29 is 19.5 Å². The van der Waals surface area contributed by atoms with Gasteiger partial charge in [0.15, 0.2) is 0 Å². The zero-order chi connectivity index (χ0) is 22.7. The summed E-state index contributed by atoms with van der Waals surface area (Å²) in [5.74, 6) is -1.41. The van der Waals surface area contributed by atoms with Crippen LogP contribution in [0, 0.1) is 11.8 Å². The number of nitrogens with zero attached hydrogens (tertiary/aromatic N) is 3. The minimum atomic E-state index is -1.08. The van der Waals surface area contributed by atoms with Gasteiger partial charge in [0.05, 0.1) is 11.0 Å². The van der Waals surface area contributed by atoms with E-state index in [9.17, 15) is 19.5 Å². The number of benzene rings is 1. The van der Waals surface area contributed by atoms with Crippen LogP contribution in [-0.2, 0) is 16.1 Å². The van der Waals surface area contributed by atoms with Gasteiger partial charge in [-0.25, -0.2) is 14.6 Å². The predicted octanol–water partition coefficient (Wildman–Crippen LogP) is 2.60. The van der Waals surface area contributed by atoms with Crippen molar-refractivity contribution in [1.29, 1.82) is 0 Å². The van der Waals surface area contributed by atoms with Gasteiger partial charge in [-0.2, -0.15) is 0 Å². The molecule has 1 aromatic heterocycles. The van der Waals surface area contributed by atoms with Gasteiger partial charge in [0.1, 0.15) is 12.1 Å². The van der Waals surface area contributed by atoms with Gasteiger partial charge in [-0.05, 0) is 24.0 Å². The molecule has 31 heavy (non-hydrogen) atoms. The zero-order valence-electron chi connectivity index (χ0n) is 18.5. The van der Waals surface area contributed by atoms with Crippen LogP contribution in [0.4, 0.5) is 10.7 Å².